The van der Waals surface area contributed by atoms with Gasteiger partial charge in [-0.1, -0.05) is 41.9 Å². The SMILES string of the molecule is O=C(c1n[nH]c2ccccc12)N1CCC[C@@H]1c1ncc(Cc2ccc(Cl)cc2)o1. The maximum atomic E-state index is 13.2. The highest BCUT2D eigenvalue weighted by Gasteiger charge is 2.35. The van der Waals surface area contributed by atoms with Gasteiger partial charge in [-0.05, 0) is 36.6 Å². The number of benzene rings is 2. The minimum Gasteiger partial charge on any atom is -0.443 e. The van der Waals surface area contributed by atoms with Crippen molar-refractivity contribution in [2.45, 2.75) is 25.3 Å². The Morgan fingerprint density at radius 3 is 2.90 bits per heavy atom. The zero-order chi connectivity index (χ0) is 19.8. The zero-order valence-electron chi connectivity index (χ0n) is 15.6. The van der Waals surface area contributed by atoms with Crippen molar-refractivity contribution < 1.29 is 9.21 Å². The van der Waals surface area contributed by atoms with Gasteiger partial charge in [0, 0.05) is 23.4 Å². The predicted molar refractivity (Wildman–Crippen MR) is 110 cm³/mol. The topological polar surface area (TPSA) is 75.0 Å². The van der Waals surface area contributed by atoms with E-state index >= 15 is 0 Å². The van der Waals surface area contributed by atoms with E-state index in [0.29, 0.717) is 29.6 Å². The molecule has 1 amide bonds. The fourth-order valence-electron chi connectivity index (χ4n) is 3.89. The first kappa shape index (κ1) is 17.9. The average Bonchev–Trinajstić information content (AvgIpc) is 3.48. The largest absolute Gasteiger partial charge is 0.443 e. The quantitative estimate of drug-likeness (QED) is 0.529. The van der Waals surface area contributed by atoms with E-state index in [-0.39, 0.29) is 11.9 Å². The molecule has 3 heterocycles. The number of oxazole rings is 1. The van der Waals surface area contributed by atoms with Gasteiger partial charge in [0.25, 0.3) is 5.91 Å². The lowest BCUT2D eigenvalue weighted by Crippen LogP contribution is -2.31. The zero-order valence-corrected chi connectivity index (χ0v) is 16.4. The van der Waals surface area contributed by atoms with Crippen LogP contribution in [0.2, 0.25) is 5.02 Å². The minimum absolute atomic E-state index is 0.0950. The van der Waals surface area contributed by atoms with Crippen LogP contribution in [0.3, 0.4) is 0 Å². The number of para-hydroxylation sites is 1. The maximum absolute atomic E-state index is 13.2. The summed E-state index contributed by atoms with van der Waals surface area (Å²) in [5.74, 6) is 1.26. The Morgan fingerprint density at radius 2 is 2.03 bits per heavy atom. The van der Waals surface area contributed by atoms with Crippen molar-refractivity contribution >= 4 is 28.4 Å². The van der Waals surface area contributed by atoms with Crippen LogP contribution in [0.5, 0.6) is 0 Å². The molecule has 146 valence electrons. The van der Waals surface area contributed by atoms with Crippen LogP contribution in [0.1, 0.15) is 46.6 Å². The first-order chi connectivity index (χ1) is 14.2. The summed E-state index contributed by atoms with van der Waals surface area (Å²) in [5, 5.41) is 8.73. The summed E-state index contributed by atoms with van der Waals surface area (Å²) >= 11 is 5.95. The van der Waals surface area contributed by atoms with E-state index < -0.39 is 0 Å². The highest BCUT2D eigenvalue weighted by atomic mass is 35.5. The molecule has 1 N–H and O–H groups in total. The second-order valence-corrected chi connectivity index (χ2v) is 7.68. The molecule has 1 fully saturated rings. The number of fused-ring (bicyclic) bond motifs is 1. The monoisotopic (exact) mass is 406 g/mol. The van der Waals surface area contributed by atoms with E-state index in [2.05, 4.69) is 15.2 Å². The molecule has 1 atom stereocenters. The van der Waals surface area contributed by atoms with Crippen LogP contribution in [0, 0.1) is 0 Å². The van der Waals surface area contributed by atoms with Gasteiger partial charge in [0.1, 0.15) is 11.8 Å². The lowest BCUT2D eigenvalue weighted by molar-refractivity contribution is 0.0710. The summed E-state index contributed by atoms with van der Waals surface area (Å²) in [6, 6.07) is 15.1. The van der Waals surface area contributed by atoms with E-state index in [1.165, 1.54) is 0 Å². The number of nitrogens with one attached hydrogen (secondary N) is 1. The fraction of sp³-hybridized carbons (Fsp3) is 0.227. The standard InChI is InChI=1S/C22H19ClN4O2/c23-15-9-7-14(8-10-15)12-16-13-24-21(29-16)19-6-3-11-27(19)22(28)20-17-4-1-2-5-18(17)25-26-20/h1-2,4-5,7-10,13,19H,3,6,11-12H2,(H,25,26)/t19-/m1/s1. The number of likely N-dealkylation sites (tertiary alicyclic amines) is 1. The van der Waals surface area contributed by atoms with E-state index in [0.717, 1.165) is 35.1 Å². The van der Waals surface area contributed by atoms with Crippen molar-refractivity contribution in [1.82, 2.24) is 20.1 Å². The third-order valence-electron chi connectivity index (χ3n) is 5.33. The number of hydrogen-bond donors (Lipinski definition) is 1. The summed E-state index contributed by atoms with van der Waals surface area (Å²) in [4.78, 5) is 19.5. The summed E-state index contributed by atoms with van der Waals surface area (Å²) in [6.45, 7) is 0.666. The van der Waals surface area contributed by atoms with Crippen molar-refractivity contribution in [2.24, 2.45) is 0 Å². The number of amides is 1. The molecule has 0 saturated carbocycles. The molecular formula is C22H19ClN4O2. The molecule has 0 unspecified atom stereocenters. The van der Waals surface area contributed by atoms with Crippen LogP contribution in [-0.2, 0) is 6.42 Å². The number of aromatic nitrogens is 3. The van der Waals surface area contributed by atoms with Crippen LogP contribution in [0.25, 0.3) is 10.9 Å². The van der Waals surface area contributed by atoms with Gasteiger partial charge in [-0.3, -0.25) is 9.89 Å². The number of hydrogen-bond acceptors (Lipinski definition) is 4. The molecule has 1 aliphatic heterocycles. The van der Waals surface area contributed by atoms with Crippen LogP contribution in [0.4, 0.5) is 0 Å². The van der Waals surface area contributed by atoms with Gasteiger partial charge in [0.2, 0.25) is 5.89 Å². The number of carbonyl (C=O) groups is 1. The summed E-state index contributed by atoms with van der Waals surface area (Å²) in [6.07, 6.45) is 4.12. The second kappa shape index (κ2) is 7.37. The molecule has 5 rings (SSSR count). The molecule has 1 saturated heterocycles. The molecule has 6 nitrogen and oxygen atoms in total. The van der Waals surface area contributed by atoms with E-state index in [1.54, 1.807) is 6.20 Å². The number of rotatable bonds is 4. The Morgan fingerprint density at radius 1 is 1.21 bits per heavy atom. The predicted octanol–water partition coefficient (Wildman–Crippen LogP) is 4.77. The third-order valence-corrected chi connectivity index (χ3v) is 5.59. The smallest absolute Gasteiger partial charge is 0.275 e. The number of carbonyl (C=O) groups excluding carboxylic acids is 1. The molecule has 7 heteroatoms. The number of halogens is 1. The average molecular weight is 407 g/mol. The van der Waals surface area contributed by atoms with E-state index in [9.17, 15) is 4.79 Å². The first-order valence-corrected chi connectivity index (χ1v) is 10.00. The Labute approximate surface area is 172 Å². The van der Waals surface area contributed by atoms with Gasteiger partial charge in [0.15, 0.2) is 5.69 Å². The molecule has 0 radical (unpaired) electrons. The van der Waals surface area contributed by atoms with Crippen molar-refractivity contribution in [3.8, 4) is 0 Å². The molecule has 2 aromatic carbocycles. The number of H-pyrrole nitrogens is 1. The highest BCUT2D eigenvalue weighted by Crippen LogP contribution is 2.33. The van der Waals surface area contributed by atoms with Gasteiger partial charge >= 0.3 is 0 Å². The lowest BCUT2D eigenvalue weighted by atomic mass is 10.1. The normalized spacial score (nSPS) is 16.6. The fourth-order valence-corrected chi connectivity index (χ4v) is 4.02. The molecule has 0 spiro atoms. The van der Waals surface area contributed by atoms with Gasteiger partial charge in [0.05, 0.1) is 11.7 Å². The van der Waals surface area contributed by atoms with Crippen LogP contribution in [-0.4, -0.2) is 32.5 Å². The van der Waals surface area contributed by atoms with Crippen molar-refractivity contribution in [2.75, 3.05) is 6.54 Å². The second-order valence-electron chi connectivity index (χ2n) is 7.24. The van der Waals surface area contributed by atoms with Gasteiger partial charge < -0.3 is 9.32 Å². The Bertz CT molecular complexity index is 1170. The molecule has 0 aliphatic carbocycles. The molecule has 0 bridgehead atoms. The van der Waals surface area contributed by atoms with Gasteiger partial charge in [-0.2, -0.15) is 5.10 Å². The van der Waals surface area contributed by atoms with Crippen LogP contribution >= 0.6 is 11.6 Å². The number of aromatic amines is 1. The van der Waals surface area contributed by atoms with Crippen LogP contribution < -0.4 is 0 Å². The molecule has 2 aromatic heterocycles. The summed E-state index contributed by atoms with van der Waals surface area (Å²) < 4.78 is 6.02. The van der Waals surface area contributed by atoms with Crippen molar-refractivity contribution in [3.05, 3.63) is 82.7 Å². The lowest BCUT2D eigenvalue weighted by Gasteiger charge is -2.21. The van der Waals surface area contributed by atoms with Crippen LogP contribution in [0.15, 0.2) is 59.1 Å². The Balaban J connectivity index is 1.37. The highest BCUT2D eigenvalue weighted by molar-refractivity contribution is 6.30. The summed E-state index contributed by atoms with van der Waals surface area (Å²) in [7, 11) is 0. The van der Waals surface area contributed by atoms with Crippen molar-refractivity contribution in [1.29, 1.82) is 0 Å². The molecule has 1 aliphatic rings. The first-order valence-electron chi connectivity index (χ1n) is 9.62. The minimum atomic E-state index is -0.170. The van der Waals surface area contributed by atoms with Gasteiger partial charge in [-0.15, -0.1) is 0 Å². The van der Waals surface area contributed by atoms with Crippen molar-refractivity contribution in [3.63, 3.8) is 0 Å². The molecule has 4 aromatic rings. The Hall–Kier alpha value is -3.12. The molecule has 29 heavy (non-hydrogen) atoms. The number of nitrogens with zero attached hydrogens (tertiary/aromatic N) is 3. The Kier molecular flexibility index (Phi) is 4.56. The van der Waals surface area contributed by atoms with Gasteiger partial charge in [-0.25, -0.2) is 4.98 Å². The van der Waals surface area contributed by atoms with E-state index in [4.69, 9.17) is 16.0 Å². The van der Waals surface area contributed by atoms with E-state index in [1.807, 2.05) is 53.4 Å². The molecular weight excluding hydrogens is 388 g/mol. The summed E-state index contributed by atoms with van der Waals surface area (Å²) in [5.41, 5.74) is 2.40. The third kappa shape index (κ3) is 3.40. The maximum Gasteiger partial charge on any atom is 0.275 e.